The Morgan fingerprint density at radius 2 is 2.16 bits per heavy atom. The van der Waals surface area contributed by atoms with Crippen molar-refractivity contribution in [3.05, 3.63) is 51.2 Å². The Balaban J connectivity index is 2.94. The van der Waals surface area contributed by atoms with Crippen LogP contribution >= 0.6 is 11.6 Å². The minimum atomic E-state index is -0.847. The van der Waals surface area contributed by atoms with E-state index in [0.29, 0.717) is 0 Å². The average Bonchev–Trinajstić information content (AvgIpc) is 2.55. The number of allylic oxidation sites excluding steroid dienone is 1. The van der Waals surface area contributed by atoms with Gasteiger partial charge in [-0.15, -0.1) is 0 Å². The van der Waals surface area contributed by atoms with E-state index in [1.165, 1.54) is 23.0 Å². The van der Waals surface area contributed by atoms with Crippen LogP contribution in [0, 0.1) is 17.1 Å². The van der Waals surface area contributed by atoms with Gasteiger partial charge in [0.15, 0.2) is 0 Å². The highest BCUT2D eigenvalue weighted by Crippen LogP contribution is 2.24. The third kappa shape index (κ3) is 3.64. The van der Waals surface area contributed by atoms with Crippen molar-refractivity contribution < 1.29 is 13.9 Å². The number of aromatic nitrogens is 1. The maximum Gasteiger partial charge on any atom is 0.343 e. The van der Waals surface area contributed by atoms with E-state index in [-0.39, 0.29) is 33.8 Å². The van der Waals surface area contributed by atoms with Gasteiger partial charge in [0, 0.05) is 31.9 Å². The third-order valence-corrected chi connectivity index (χ3v) is 3.59. The predicted molar refractivity (Wildman–Crippen MR) is 92.7 cm³/mol. The number of benzene rings is 1. The Labute approximate surface area is 148 Å². The van der Waals surface area contributed by atoms with Gasteiger partial charge in [-0.1, -0.05) is 11.6 Å². The fraction of sp³-hybridized carbons (Fsp3) is 0.235. The lowest BCUT2D eigenvalue weighted by molar-refractivity contribution is 0.0524. The summed E-state index contributed by atoms with van der Waals surface area (Å²) in [5, 5.41) is 9.17. The summed E-state index contributed by atoms with van der Waals surface area (Å²) in [7, 11) is 3.42. The number of esters is 1. The van der Waals surface area contributed by atoms with Crippen LogP contribution < -0.4 is 5.43 Å². The number of halogens is 2. The fourth-order valence-corrected chi connectivity index (χ4v) is 2.42. The monoisotopic (exact) mass is 363 g/mol. The van der Waals surface area contributed by atoms with Gasteiger partial charge < -0.3 is 14.2 Å². The molecule has 0 aliphatic heterocycles. The minimum Gasteiger partial charge on any atom is -0.462 e. The summed E-state index contributed by atoms with van der Waals surface area (Å²) in [6, 6.07) is 4.17. The van der Waals surface area contributed by atoms with Crippen molar-refractivity contribution >= 4 is 34.2 Å². The van der Waals surface area contributed by atoms with Gasteiger partial charge >= 0.3 is 5.97 Å². The summed E-state index contributed by atoms with van der Waals surface area (Å²) in [6.45, 7) is 1.67. The topological polar surface area (TPSA) is 75.3 Å². The largest absolute Gasteiger partial charge is 0.462 e. The highest BCUT2D eigenvalue weighted by atomic mass is 35.5. The predicted octanol–water partition coefficient (Wildman–Crippen LogP) is 2.85. The summed E-state index contributed by atoms with van der Waals surface area (Å²) >= 11 is 5.82. The van der Waals surface area contributed by atoms with Crippen molar-refractivity contribution in [1.29, 1.82) is 5.26 Å². The van der Waals surface area contributed by atoms with Crippen molar-refractivity contribution in [3.63, 3.8) is 0 Å². The number of carbonyl (C=O) groups excluding carboxylic acids is 1. The van der Waals surface area contributed by atoms with Crippen molar-refractivity contribution in [3.8, 4) is 6.07 Å². The van der Waals surface area contributed by atoms with Crippen molar-refractivity contribution in [2.24, 2.45) is 0 Å². The van der Waals surface area contributed by atoms with E-state index in [4.69, 9.17) is 16.3 Å². The molecule has 0 radical (unpaired) electrons. The number of pyridine rings is 1. The molecule has 0 N–H and O–H groups in total. The lowest BCUT2D eigenvalue weighted by Crippen LogP contribution is -2.21. The number of nitrogens with zero attached hydrogens (tertiary/aromatic N) is 3. The second-order valence-electron chi connectivity index (χ2n) is 5.34. The van der Waals surface area contributed by atoms with Gasteiger partial charge in [-0.2, -0.15) is 5.26 Å². The van der Waals surface area contributed by atoms with E-state index in [1.807, 2.05) is 6.07 Å². The molecule has 1 heterocycles. The molecule has 0 atom stereocenters. The number of hydrogen-bond acceptors (Lipinski definition) is 5. The summed E-state index contributed by atoms with van der Waals surface area (Å²) in [4.78, 5) is 26.3. The molecule has 0 amide bonds. The number of hydrogen-bond donors (Lipinski definition) is 0. The normalized spacial score (nSPS) is 11.3. The fourth-order valence-electron chi connectivity index (χ4n) is 2.26. The van der Waals surface area contributed by atoms with E-state index in [0.717, 1.165) is 6.07 Å². The van der Waals surface area contributed by atoms with Gasteiger partial charge in [-0.3, -0.25) is 4.79 Å². The van der Waals surface area contributed by atoms with E-state index < -0.39 is 17.2 Å². The standard InChI is InChI=1S/C17H15ClFN3O3/c1-4-25-17(24)12-9-22(10(7-20)8-21(2)3)15-6-13(18)14(19)5-11(15)16(12)23/h5-6,8-9H,4H2,1-3H3/b10-8+. The molecule has 0 saturated carbocycles. The number of rotatable bonds is 4. The van der Waals surface area contributed by atoms with Crippen LogP contribution in [0.1, 0.15) is 17.3 Å². The van der Waals surface area contributed by atoms with Crippen LogP contribution in [0.4, 0.5) is 4.39 Å². The van der Waals surface area contributed by atoms with Crippen molar-refractivity contribution in [1.82, 2.24) is 9.47 Å². The lowest BCUT2D eigenvalue weighted by atomic mass is 10.1. The second kappa shape index (κ2) is 7.36. The Morgan fingerprint density at radius 3 is 2.72 bits per heavy atom. The van der Waals surface area contributed by atoms with Crippen molar-refractivity contribution in [2.45, 2.75) is 6.92 Å². The summed E-state index contributed by atoms with van der Waals surface area (Å²) < 4.78 is 20.0. The van der Waals surface area contributed by atoms with Crippen LogP contribution in [0.15, 0.2) is 29.3 Å². The number of ether oxygens (including phenoxy) is 1. The van der Waals surface area contributed by atoms with Gasteiger partial charge in [0.25, 0.3) is 0 Å². The molecule has 0 fully saturated rings. The van der Waals surface area contributed by atoms with E-state index in [2.05, 4.69) is 0 Å². The zero-order valence-corrected chi connectivity index (χ0v) is 14.6. The molecule has 2 rings (SSSR count). The molecule has 130 valence electrons. The number of fused-ring (bicyclic) bond motifs is 1. The zero-order valence-electron chi connectivity index (χ0n) is 13.8. The first-order chi connectivity index (χ1) is 11.8. The Bertz CT molecular complexity index is 974. The van der Waals surface area contributed by atoms with Gasteiger partial charge in [0.2, 0.25) is 5.43 Å². The maximum absolute atomic E-state index is 13.9. The molecule has 2 aromatic rings. The Kier molecular flexibility index (Phi) is 5.45. The smallest absolute Gasteiger partial charge is 0.343 e. The Hall–Kier alpha value is -2.85. The summed E-state index contributed by atoms with van der Waals surface area (Å²) in [5.74, 6) is -1.64. The van der Waals surface area contributed by atoms with Crippen molar-refractivity contribution in [2.75, 3.05) is 20.7 Å². The highest BCUT2D eigenvalue weighted by Gasteiger charge is 2.19. The number of nitriles is 1. The first kappa shape index (κ1) is 18.5. The Morgan fingerprint density at radius 1 is 1.48 bits per heavy atom. The molecule has 0 bridgehead atoms. The molecular formula is C17H15ClFN3O3. The molecule has 0 unspecified atom stereocenters. The van der Waals surface area contributed by atoms with Gasteiger partial charge in [-0.25, -0.2) is 9.18 Å². The second-order valence-corrected chi connectivity index (χ2v) is 5.74. The van der Waals surface area contributed by atoms with Crippen LogP contribution in [-0.4, -0.2) is 36.1 Å². The third-order valence-electron chi connectivity index (χ3n) is 3.30. The van der Waals surface area contributed by atoms with Crippen LogP contribution in [0.3, 0.4) is 0 Å². The first-order valence-electron chi connectivity index (χ1n) is 7.30. The van der Waals surface area contributed by atoms with E-state index in [9.17, 15) is 19.2 Å². The number of carbonyl (C=O) groups is 1. The molecule has 0 saturated heterocycles. The quantitative estimate of drug-likeness (QED) is 0.616. The molecule has 1 aromatic heterocycles. The van der Waals surface area contributed by atoms with E-state index in [1.54, 1.807) is 25.9 Å². The molecule has 0 aliphatic rings. The molecule has 0 aliphatic carbocycles. The van der Waals surface area contributed by atoms with E-state index >= 15 is 0 Å². The molecule has 8 heteroatoms. The SMILES string of the molecule is CCOC(=O)c1cn(/C(C#N)=C/N(C)C)c2cc(Cl)c(F)cc2c1=O. The van der Waals surface area contributed by atoms with Crippen LogP contribution in [0.25, 0.3) is 16.6 Å². The average molecular weight is 364 g/mol. The van der Waals surface area contributed by atoms with Crippen LogP contribution in [-0.2, 0) is 4.74 Å². The molecule has 6 nitrogen and oxygen atoms in total. The van der Waals surface area contributed by atoms with Gasteiger partial charge in [0.1, 0.15) is 23.1 Å². The summed E-state index contributed by atoms with van der Waals surface area (Å²) in [5.41, 5.74) is -0.666. The maximum atomic E-state index is 13.9. The van der Waals surface area contributed by atoms with Gasteiger partial charge in [0.05, 0.1) is 17.1 Å². The minimum absolute atomic E-state index is 0.0733. The molecule has 1 aromatic carbocycles. The molecule has 0 spiro atoms. The van der Waals surface area contributed by atoms with Crippen LogP contribution in [0.5, 0.6) is 0 Å². The van der Waals surface area contributed by atoms with Crippen LogP contribution in [0.2, 0.25) is 5.02 Å². The van der Waals surface area contributed by atoms with Gasteiger partial charge in [-0.05, 0) is 19.1 Å². The first-order valence-corrected chi connectivity index (χ1v) is 7.68. The highest BCUT2D eigenvalue weighted by molar-refractivity contribution is 6.31. The molecule has 25 heavy (non-hydrogen) atoms. The lowest BCUT2D eigenvalue weighted by Gasteiger charge is -2.14. The zero-order chi connectivity index (χ0) is 18.7. The summed E-state index contributed by atoms with van der Waals surface area (Å²) in [6.07, 6.45) is 2.70. The molecular weight excluding hydrogens is 349 g/mol.